The molecule has 0 aliphatic rings. The topological polar surface area (TPSA) is 9.23 Å². The molecular formula is C8H17OPb. The van der Waals surface area contributed by atoms with E-state index in [9.17, 15) is 0 Å². The molecule has 2 heteroatoms. The molecule has 0 saturated carbocycles. The Bertz CT molecular complexity index is 66.3. The molecule has 0 aromatic rings. The predicted octanol–water partition coefficient (Wildman–Crippen LogP) is 2.30. The fraction of sp³-hybridized carbons (Fsp3) is 1.00. The number of rotatable bonds is 6. The molecule has 1 nitrogen and oxygen atoms in total. The average Bonchev–Trinajstić information content (AvgIpc) is 1.98. The molecule has 0 aromatic carbocycles. The normalized spacial score (nSPS) is 13.5. The molecule has 0 amide bonds. The van der Waals surface area contributed by atoms with Crippen LogP contribution in [0.15, 0.2) is 0 Å². The van der Waals surface area contributed by atoms with E-state index < -0.39 is 0 Å². The van der Waals surface area contributed by atoms with Gasteiger partial charge in [-0.2, -0.15) is 0 Å². The Kier molecular flexibility index (Phi) is 8.69. The fourth-order valence-electron chi connectivity index (χ4n) is 1.02. The fourth-order valence-corrected chi connectivity index (χ4v) is 1.93. The van der Waals surface area contributed by atoms with Crippen molar-refractivity contribution in [1.29, 1.82) is 0 Å². The van der Waals surface area contributed by atoms with Crippen LogP contribution in [0, 0.1) is 5.92 Å². The second-order valence-electron chi connectivity index (χ2n) is 2.73. The molecule has 10 heavy (non-hydrogen) atoms. The summed E-state index contributed by atoms with van der Waals surface area (Å²) in [7, 11) is 0. The Balaban J connectivity index is 3.21. The van der Waals surface area contributed by atoms with Crippen molar-refractivity contribution >= 4 is 26.2 Å². The van der Waals surface area contributed by atoms with E-state index in [2.05, 4.69) is 13.8 Å². The van der Waals surface area contributed by atoms with Crippen molar-refractivity contribution in [3.63, 3.8) is 0 Å². The summed E-state index contributed by atoms with van der Waals surface area (Å²) < 4.78 is 5.23. The molecule has 0 aliphatic carbocycles. The molecule has 1 atom stereocenters. The number of hydrogen-bond donors (Lipinski definition) is 0. The predicted molar refractivity (Wildman–Crippen MR) is 45.0 cm³/mol. The number of hydrogen-bond acceptors (Lipinski definition) is 1. The molecule has 1 unspecified atom stereocenters. The Morgan fingerprint density at radius 1 is 1.40 bits per heavy atom. The van der Waals surface area contributed by atoms with Crippen LogP contribution < -0.4 is 0 Å². The Morgan fingerprint density at radius 3 is 2.50 bits per heavy atom. The van der Waals surface area contributed by atoms with Crippen molar-refractivity contribution in [1.82, 2.24) is 0 Å². The van der Waals surface area contributed by atoms with Crippen LogP contribution in [0.3, 0.4) is 0 Å². The summed E-state index contributed by atoms with van der Waals surface area (Å²) in [5, 5.41) is 0. The molecule has 0 saturated heterocycles. The molecule has 0 N–H and O–H groups in total. The maximum atomic E-state index is 5.23. The van der Waals surface area contributed by atoms with Gasteiger partial charge in [0.25, 0.3) is 0 Å². The molecule has 0 heterocycles. The van der Waals surface area contributed by atoms with Crippen molar-refractivity contribution in [2.45, 2.75) is 39.5 Å². The zero-order valence-corrected chi connectivity index (χ0v) is 10.9. The van der Waals surface area contributed by atoms with Gasteiger partial charge in [0.2, 0.25) is 0 Å². The van der Waals surface area contributed by atoms with Crippen molar-refractivity contribution in [2.24, 2.45) is 5.92 Å². The van der Waals surface area contributed by atoms with Gasteiger partial charge in [-0.1, -0.05) is 0 Å². The Morgan fingerprint density at radius 2 is 2.10 bits per heavy atom. The molecule has 0 bridgehead atoms. The first-order chi connectivity index (χ1) is 4.85. The van der Waals surface area contributed by atoms with Crippen LogP contribution in [-0.2, 0) is 2.69 Å². The summed E-state index contributed by atoms with van der Waals surface area (Å²) in [6, 6.07) is 0. The van der Waals surface area contributed by atoms with Crippen molar-refractivity contribution < 1.29 is 2.69 Å². The van der Waals surface area contributed by atoms with Gasteiger partial charge in [-0.3, -0.25) is 0 Å². The Labute approximate surface area is 80.9 Å². The molecule has 59 valence electrons. The maximum absolute atomic E-state index is 5.23. The monoisotopic (exact) mass is 337 g/mol. The second-order valence-corrected chi connectivity index (χ2v) is 3.85. The first-order valence-corrected chi connectivity index (χ1v) is 5.72. The molecule has 0 aromatic heterocycles. The standard InChI is InChI=1S/C8H17O.Pb/c1-3-5-6-8(4-2)7-9;/h8H,3-7H2,1-2H3;/q-1;+1. The third-order valence-corrected chi connectivity index (χ3v) is 2.51. The van der Waals surface area contributed by atoms with E-state index in [4.69, 9.17) is 2.69 Å². The van der Waals surface area contributed by atoms with E-state index in [-0.39, 0.29) is 0 Å². The van der Waals surface area contributed by atoms with Gasteiger partial charge in [0.15, 0.2) is 0 Å². The van der Waals surface area contributed by atoms with Crippen molar-refractivity contribution in [2.75, 3.05) is 6.61 Å². The zero-order valence-electron chi connectivity index (χ0n) is 7.02. The van der Waals surface area contributed by atoms with Crippen LogP contribution in [0.5, 0.6) is 0 Å². The third-order valence-electron chi connectivity index (χ3n) is 1.86. The van der Waals surface area contributed by atoms with Crippen LogP contribution in [0.1, 0.15) is 39.5 Å². The van der Waals surface area contributed by atoms with Gasteiger partial charge >= 0.3 is 81.0 Å². The van der Waals surface area contributed by atoms with E-state index in [0.717, 1.165) is 38.7 Å². The van der Waals surface area contributed by atoms with Crippen LogP contribution in [0.4, 0.5) is 0 Å². The van der Waals surface area contributed by atoms with Crippen LogP contribution in [0.25, 0.3) is 0 Å². The van der Waals surface area contributed by atoms with Crippen molar-refractivity contribution in [3.8, 4) is 0 Å². The molecule has 3 radical (unpaired) electrons. The minimum absolute atomic E-state index is 0.831. The van der Waals surface area contributed by atoms with Crippen LogP contribution in [0.2, 0.25) is 0 Å². The van der Waals surface area contributed by atoms with Gasteiger partial charge < -0.3 is 0 Å². The molecule has 0 fully saturated rings. The van der Waals surface area contributed by atoms with E-state index in [1.807, 2.05) is 0 Å². The molecule has 0 rings (SSSR count). The second kappa shape index (κ2) is 7.98. The van der Waals surface area contributed by atoms with E-state index >= 15 is 0 Å². The summed E-state index contributed by atoms with van der Waals surface area (Å²) in [5.74, 6) is 0.831. The average molecular weight is 336 g/mol. The van der Waals surface area contributed by atoms with Crippen LogP contribution in [-0.4, -0.2) is 32.8 Å². The van der Waals surface area contributed by atoms with Gasteiger partial charge in [-0.15, -0.1) is 0 Å². The summed E-state index contributed by atoms with van der Waals surface area (Å²) >= 11 is 0.900. The van der Waals surface area contributed by atoms with Gasteiger partial charge in [0, 0.05) is 0 Å². The first kappa shape index (κ1) is 10.9. The quantitative estimate of drug-likeness (QED) is 0.677. The third kappa shape index (κ3) is 5.65. The van der Waals surface area contributed by atoms with Gasteiger partial charge in [0.1, 0.15) is 0 Å². The molecule has 0 spiro atoms. The summed E-state index contributed by atoms with van der Waals surface area (Å²) in [6.07, 6.45) is 5.32. The summed E-state index contributed by atoms with van der Waals surface area (Å²) in [4.78, 5) is 0. The van der Waals surface area contributed by atoms with Crippen molar-refractivity contribution in [3.05, 3.63) is 0 Å². The number of unbranched alkanes of at least 4 members (excludes halogenated alkanes) is 1. The summed E-state index contributed by atoms with van der Waals surface area (Å²) in [6.45, 7) is 5.50. The van der Waals surface area contributed by atoms with Gasteiger partial charge in [-0.05, 0) is 0 Å². The van der Waals surface area contributed by atoms with Gasteiger partial charge in [0.05, 0.1) is 0 Å². The van der Waals surface area contributed by atoms with Gasteiger partial charge in [-0.25, -0.2) is 0 Å². The van der Waals surface area contributed by atoms with Crippen LogP contribution >= 0.6 is 0 Å². The first-order valence-electron chi connectivity index (χ1n) is 4.13. The summed E-state index contributed by atoms with van der Waals surface area (Å²) in [5.41, 5.74) is 0. The van der Waals surface area contributed by atoms with E-state index in [1.165, 1.54) is 25.7 Å². The minimum atomic E-state index is 0.831. The van der Waals surface area contributed by atoms with E-state index in [1.54, 1.807) is 0 Å². The Hall–Kier alpha value is 0.882. The SMILES string of the molecule is CCCCC(CC)C[O][Pb]. The molecular weight excluding hydrogens is 319 g/mol. The molecule has 0 aliphatic heterocycles. The van der Waals surface area contributed by atoms with E-state index in [0.29, 0.717) is 0 Å². The zero-order chi connectivity index (χ0) is 7.82.